The number of nitrogens with zero attached hydrogens (tertiary/aromatic N) is 3. The van der Waals surface area contributed by atoms with Gasteiger partial charge in [-0.1, -0.05) is 12.1 Å². The average Bonchev–Trinajstić information content (AvgIpc) is 3.41. The van der Waals surface area contributed by atoms with Gasteiger partial charge in [-0.05, 0) is 37.1 Å². The molecule has 3 heterocycles. The Kier molecular flexibility index (Phi) is 5.79. The van der Waals surface area contributed by atoms with Gasteiger partial charge < -0.3 is 19.4 Å². The van der Waals surface area contributed by atoms with Crippen molar-refractivity contribution in [1.82, 2.24) is 14.9 Å². The first-order chi connectivity index (χ1) is 15.6. The van der Waals surface area contributed by atoms with Crippen molar-refractivity contribution < 1.29 is 31.9 Å². The number of carbonyl (C=O) groups is 2. The standard InChI is InChI=1S/C22H19F3N4O4/c1-12-7-14(3-4-18(12)33-10-22(23,24)25)13(2)29-8-16-15(21(29)31)5-6-26-19(16)28-20(30)17-9-32-11-27-17/h3-7,9,11,13H,8,10H2,1-2H3,(H,26,28,30). The smallest absolute Gasteiger partial charge is 0.422 e. The number of benzene rings is 1. The quantitative estimate of drug-likeness (QED) is 0.590. The monoisotopic (exact) mass is 460 g/mol. The number of alkyl halides is 3. The van der Waals surface area contributed by atoms with Crippen LogP contribution in [-0.4, -0.2) is 39.5 Å². The minimum atomic E-state index is -4.43. The fourth-order valence-corrected chi connectivity index (χ4v) is 3.60. The molecule has 4 rings (SSSR count). The van der Waals surface area contributed by atoms with Crippen molar-refractivity contribution in [2.75, 3.05) is 11.9 Å². The van der Waals surface area contributed by atoms with Crippen LogP contribution in [0.15, 0.2) is 47.5 Å². The van der Waals surface area contributed by atoms with Crippen molar-refractivity contribution in [3.05, 3.63) is 71.1 Å². The molecule has 1 aliphatic rings. The Morgan fingerprint density at radius 1 is 1.30 bits per heavy atom. The van der Waals surface area contributed by atoms with Gasteiger partial charge in [0.2, 0.25) is 0 Å². The topological polar surface area (TPSA) is 97.6 Å². The van der Waals surface area contributed by atoms with Crippen LogP contribution in [0, 0.1) is 6.92 Å². The number of carbonyl (C=O) groups excluding carboxylic acids is 2. The number of fused-ring (bicyclic) bond motifs is 1. The van der Waals surface area contributed by atoms with E-state index in [2.05, 4.69) is 15.3 Å². The van der Waals surface area contributed by atoms with Crippen LogP contribution in [0.5, 0.6) is 5.75 Å². The molecular weight excluding hydrogens is 441 g/mol. The third-order valence-corrected chi connectivity index (χ3v) is 5.31. The van der Waals surface area contributed by atoms with Crippen molar-refractivity contribution in [1.29, 1.82) is 0 Å². The number of ether oxygens (including phenoxy) is 1. The van der Waals surface area contributed by atoms with E-state index in [1.807, 2.05) is 6.92 Å². The summed E-state index contributed by atoms with van der Waals surface area (Å²) in [5.41, 5.74) is 2.30. The van der Waals surface area contributed by atoms with Crippen LogP contribution in [0.25, 0.3) is 0 Å². The number of nitrogens with one attached hydrogen (secondary N) is 1. The van der Waals surface area contributed by atoms with Crippen molar-refractivity contribution in [3.63, 3.8) is 0 Å². The molecule has 1 N–H and O–H groups in total. The third-order valence-electron chi connectivity index (χ3n) is 5.31. The summed E-state index contributed by atoms with van der Waals surface area (Å²) in [5.74, 6) is -0.391. The summed E-state index contributed by atoms with van der Waals surface area (Å²) in [6.07, 6.45) is -0.671. The summed E-state index contributed by atoms with van der Waals surface area (Å²) in [5, 5.41) is 2.65. The maximum Gasteiger partial charge on any atom is 0.422 e. The molecule has 11 heteroatoms. The van der Waals surface area contributed by atoms with Gasteiger partial charge in [0.1, 0.15) is 17.8 Å². The van der Waals surface area contributed by atoms with Crippen molar-refractivity contribution in [3.8, 4) is 5.75 Å². The van der Waals surface area contributed by atoms with Gasteiger partial charge >= 0.3 is 6.18 Å². The number of aryl methyl sites for hydroxylation is 1. The average molecular weight is 460 g/mol. The first-order valence-corrected chi connectivity index (χ1v) is 9.92. The first kappa shape index (κ1) is 22.3. The second-order valence-electron chi connectivity index (χ2n) is 7.55. The number of aromatic nitrogens is 2. The first-order valence-electron chi connectivity index (χ1n) is 9.92. The predicted octanol–water partition coefficient (Wildman–Crippen LogP) is 4.29. The zero-order valence-electron chi connectivity index (χ0n) is 17.6. The SMILES string of the molecule is Cc1cc(C(C)N2Cc3c(ccnc3NC(=O)c3cocn3)C2=O)ccc1OCC(F)(F)F. The Morgan fingerprint density at radius 3 is 2.76 bits per heavy atom. The zero-order valence-corrected chi connectivity index (χ0v) is 17.6. The summed E-state index contributed by atoms with van der Waals surface area (Å²) in [7, 11) is 0. The molecule has 1 aromatic carbocycles. The number of hydrogen-bond acceptors (Lipinski definition) is 6. The molecular formula is C22H19F3N4O4. The van der Waals surface area contributed by atoms with Crippen LogP contribution in [-0.2, 0) is 6.54 Å². The molecule has 0 saturated carbocycles. The van der Waals surface area contributed by atoms with E-state index in [4.69, 9.17) is 9.15 Å². The molecule has 0 bridgehead atoms. The predicted molar refractivity (Wildman–Crippen MR) is 110 cm³/mol. The van der Waals surface area contributed by atoms with Crippen LogP contribution in [0.3, 0.4) is 0 Å². The van der Waals surface area contributed by atoms with E-state index in [9.17, 15) is 22.8 Å². The highest BCUT2D eigenvalue weighted by molar-refractivity contribution is 6.05. The van der Waals surface area contributed by atoms with Crippen molar-refractivity contribution in [2.45, 2.75) is 32.6 Å². The van der Waals surface area contributed by atoms with Crippen LogP contribution < -0.4 is 10.1 Å². The van der Waals surface area contributed by atoms with Gasteiger partial charge in [-0.2, -0.15) is 13.2 Å². The highest BCUT2D eigenvalue weighted by Gasteiger charge is 2.34. The van der Waals surface area contributed by atoms with Gasteiger partial charge in [0.25, 0.3) is 11.8 Å². The summed E-state index contributed by atoms with van der Waals surface area (Å²) in [6, 6.07) is 5.98. The zero-order chi connectivity index (χ0) is 23.8. The molecule has 2 amide bonds. The van der Waals surface area contributed by atoms with Gasteiger partial charge in [-0.3, -0.25) is 9.59 Å². The number of halogens is 3. The fourth-order valence-electron chi connectivity index (χ4n) is 3.60. The van der Waals surface area contributed by atoms with Crippen LogP contribution >= 0.6 is 0 Å². The number of pyridine rings is 1. The summed E-state index contributed by atoms with van der Waals surface area (Å²) in [4.78, 5) is 35.0. The normalized spacial score (nSPS) is 14.2. The molecule has 2 aromatic heterocycles. The van der Waals surface area contributed by atoms with Gasteiger partial charge in [0.05, 0.1) is 12.6 Å². The van der Waals surface area contributed by atoms with E-state index in [0.717, 1.165) is 12.0 Å². The van der Waals surface area contributed by atoms with Crippen LogP contribution in [0.4, 0.5) is 19.0 Å². The second kappa shape index (κ2) is 8.57. The van der Waals surface area contributed by atoms with Crippen LogP contribution in [0.2, 0.25) is 0 Å². The fraction of sp³-hybridized carbons (Fsp3) is 0.273. The minimum Gasteiger partial charge on any atom is -0.484 e. The summed E-state index contributed by atoms with van der Waals surface area (Å²) >= 11 is 0. The maximum absolute atomic E-state index is 13.1. The minimum absolute atomic E-state index is 0.0762. The van der Waals surface area contributed by atoms with Crippen LogP contribution in [0.1, 0.15) is 50.5 Å². The molecule has 0 radical (unpaired) electrons. The molecule has 0 spiro atoms. The van der Waals surface area contributed by atoms with E-state index in [1.54, 1.807) is 30.0 Å². The van der Waals surface area contributed by atoms with E-state index >= 15 is 0 Å². The van der Waals surface area contributed by atoms with Crippen molar-refractivity contribution >= 4 is 17.6 Å². The van der Waals surface area contributed by atoms with Gasteiger partial charge in [0.15, 0.2) is 18.7 Å². The highest BCUT2D eigenvalue weighted by atomic mass is 19.4. The lowest BCUT2D eigenvalue weighted by atomic mass is 10.0. The Balaban J connectivity index is 1.52. The van der Waals surface area contributed by atoms with E-state index in [1.165, 1.54) is 18.5 Å². The van der Waals surface area contributed by atoms with Crippen molar-refractivity contribution in [2.24, 2.45) is 0 Å². The molecule has 8 nitrogen and oxygen atoms in total. The Morgan fingerprint density at radius 2 is 2.09 bits per heavy atom. The molecule has 172 valence electrons. The largest absolute Gasteiger partial charge is 0.484 e. The lowest BCUT2D eigenvalue weighted by Gasteiger charge is -2.25. The molecule has 0 saturated heterocycles. The Labute approximate surface area is 186 Å². The Hall–Kier alpha value is -3.89. The highest BCUT2D eigenvalue weighted by Crippen LogP contribution is 2.35. The van der Waals surface area contributed by atoms with E-state index in [-0.39, 0.29) is 35.8 Å². The summed E-state index contributed by atoms with van der Waals surface area (Å²) < 4.78 is 47.0. The molecule has 1 unspecified atom stereocenters. The molecule has 1 atom stereocenters. The van der Waals surface area contributed by atoms with Gasteiger partial charge in [-0.15, -0.1) is 0 Å². The molecule has 0 aliphatic carbocycles. The number of hydrogen-bond donors (Lipinski definition) is 1. The Bertz CT molecular complexity index is 1190. The molecule has 3 aromatic rings. The van der Waals surface area contributed by atoms with Gasteiger partial charge in [-0.25, -0.2) is 9.97 Å². The number of oxazole rings is 1. The van der Waals surface area contributed by atoms with E-state index < -0.39 is 18.7 Å². The lowest BCUT2D eigenvalue weighted by molar-refractivity contribution is -0.153. The van der Waals surface area contributed by atoms with Gasteiger partial charge in [0, 0.05) is 17.3 Å². The molecule has 0 fully saturated rings. The second-order valence-corrected chi connectivity index (χ2v) is 7.55. The number of anilines is 1. The molecule has 1 aliphatic heterocycles. The summed E-state index contributed by atoms with van der Waals surface area (Å²) in [6.45, 7) is 2.28. The van der Waals surface area contributed by atoms with E-state index in [0.29, 0.717) is 16.7 Å². The number of rotatable bonds is 6. The lowest BCUT2D eigenvalue weighted by Crippen LogP contribution is -2.27. The third kappa shape index (κ3) is 4.66. The number of amides is 2. The maximum atomic E-state index is 13.1. The molecule has 33 heavy (non-hydrogen) atoms.